The van der Waals surface area contributed by atoms with Crippen molar-refractivity contribution in [3.63, 3.8) is 0 Å². The summed E-state index contributed by atoms with van der Waals surface area (Å²) in [5.41, 5.74) is 8.67. The molecule has 0 rings (SSSR count). The average Bonchev–Trinajstić information content (AvgIpc) is 1.66. The number of nitrogens with two attached hydrogens (primary N) is 2. The third-order valence-corrected chi connectivity index (χ3v) is 0. The van der Waals surface area contributed by atoms with Crippen LogP contribution in [-0.4, -0.2) is 22.7 Å². The van der Waals surface area contributed by atoms with Gasteiger partial charge >= 0.3 is 51.4 Å². The van der Waals surface area contributed by atoms with E-state index in [1.54, 1.807) is 0 Å². The molecule has 0 aromatic heterocycles. The number of amides is 2. The van der Waals surface area contributed by atoms with Gasteiger partial charge in [0.2, 0.25) is 0 Å². The largest absolute Gasteiger partial charge is 1.00 e. The number of hydrogen-bond donors (Lipinski definition) is 5. The molecular weight excluding hydrogens is 215 g/mol. The molecule has 0 saturated heterocycles. The van der Waals surface area contributed by atoms with Crippen molar-refractivity contribution in [2.75, 3.05) is 7.11 Å². The van der Waals surface area contributed by atoms with Gasteiger partial charge in [-0.25, -0.2) is 0 Å². The van der Waals surface area contributed by atoms with E-state index >= 15 is 0 Å². The van der Waals surface area contributed by atoms with Gasteiger partial charge in [-0.15, -0.1) is 0 Å². The van der Waals surface area contributed by atoms with Gasteiger partial charge in [0.25, 0.3) is 10.5 Å². The molecule has 0 radical (unpaired) electrons. The van der Waals surface area contributed by atoms with Crippen LogP contribution in [0.2, 0.25) is 0 Å². The summed E-state index contributed by atoms with van der Waals surface area (Å²) in [6.07, 6.45) is 0. The quantitative estimate of drug-likeness (QED) is 0.221. The fraction of sp³-hybridized carbons (Fsp3) is 0.333. The molecule has 0 aromatic carbocycles. The zero-order valence-corrected chi connectivity index (χ0v) is 11.2. The molecule has 0 spiro atoms. The summed E-state index contributed by atoms with van der Waals surface area (Å²) >= 11 is 6.21. The van der Waals surface area contributed by atoms with Crippen molar-refractivity contribution < 1.29 is 67.5 Å². The molecular formula is C3H11KN2O3S2. The first-order valence-electron chi connectivity index (χ1n) is 1.88. The molecule has 0 aromatic rings. The molecule has 11 heavy (non-hydrogen) atoms. The third-order valence-electron chi connectivity index (χ3n) is 0. The van der Waals surface area contributed by atoms with Crippen molar-refractivity contribution >= 4 is 35.7 Å². The van der Waals surface area contributed by atoms with Gasteiger partial charge in [0.15, 0.2) is 0 Å². The summed E-state index contributed by atoms with van der Waals surface area (Å²) in [4.78, 5) is 18.2. The van der Waals surface area contributed by atoms with Crippen LogP contribution >= 0.6 is 25.3 Å². The molecule has 8 heteroatoms. The van der Waals surface area contributed by atoms with Crippen LogP contribution < -0.4 is 62.9 Å². The number of rotatable bonds is 0. The summed E-state index contributed by atoms with van der Waals surface area (Å²) < 4.78 is 0. The summed E-state index contributed by atoms with van der Waals surface area (Å²) in [7, 11) is 1.00. The Balaban J connectivity index is -0.0000000198. The molecule has 0 unspecified atom stereocenters. The minimum atomic E-state index is -0.639. The Morgan fingerprint density at radius 3 is 1.18 bits per heavy atom. The van der Waals surface area contributed by atoms with Crippen molar-refractivity contribution in [2.24, 2.45) is 11.5 Å². The maximum Gasteiger partial charge on any atom is 1.00 e. The van der Waals surface area contributed by atoms with Gasteiger partial charge in [0, 0.05) is 7.11 Å². The number of carbonyl (C=O) groups excluding carboxylic acids is 2. The van der Waals surface area contributed by atoms with Gasteiger partial charge in [0.1, 0.15) is 0 Å². The number of thiol groups is 2. The van der Waals surface area contributed by atoms with Crippen LogP contribution in [0.25, 0.3) is 0 Å². The van der Waals surface area contributed by atoms with Crippen LogP contribution in [0, 0.1) is 0 Å². The Morgan fingerprint density at radius 2 is 1.18 bits per heavy atom. The van der Waals surface area contributed by atoms with Crippen molar-refractivity contribution in [1.82, 2.24) is 0 Å². The van der Waals surface area contributed by atoms with Crippen LogP contribution in [0.5, 0.6) is 0 Å². The molecule has 64 valence electrons. The standard InChI is InChI=1S/2CH3NOS.CH4O.K.H/c2*2-1(3)4;1-2;;/h2*(H3,2,3,4);2H,1H3;;/q;;;+1;-1. The van der Waals surface area contributed by atoms with Crippen molar-refractivity contribution in [1.29, 1.82) is 0 Å². The van der Waals surface area contributed by atoms with E-state index in [2.05, 4.69) is 36.7 Å². The second kappa shape index (κ2) is 22.5. The van der Waals surface area contributed by atoms with Crippen molar-refractivity contribution in [3.05, 3.63) is 0 Å². The number of carbonyl (C=O) groups is 2. The van der Waals surface area contributed by atoms with E-state index in [0.717, 1.165) is 7.11 Å². The summed E-state index contributed by atoms with van der Waals surface area (Å²) in [5.74, 6) is 0. The van der Waals surface area contributed by atoms with Crippen LogP contribution in [0.3, 0.4) is 0 Å². The minimum Gasteiger partial charge on any atom is -1.00 e. The van der Waals surface area contributed by atoms with Crippen LogP contribution in [0.1, 0.15) is 1.43 Å². The zero-order chi connectivity index (χ0) is 9.15. The van der Waals surface area contributed by atoms with Crippen molar-refractivity contribution in [3.8, 4) is 0 Å². The minimum absolute atomic E-state index is 0. The van der Waals surface area contributed by atoms with Gasteiger partial charge in [-0.2, -0.15) is 0 Å². The topological polar surface area (TPSA) is 106 Å². The maximum absolute atomic E-state index is 9.09. The molecule has 5 N–H and O–H groups in total. The average molecular weight is 226 g/mol. The van der Waals surface area contributed by atoms with Crippen LogP contribution in [0.15, 0.2) is 0 Å². The summed E-state index contributed by atoms with van der Waals surface area (Å²) in [5, 5.41) is 5.72. The van der Waals surface area contributed by atoms with Crippen molar-refractivity contribution in [2.45, 2.75) is 0 Å². The van der Waals surface area contributed by atoms with Gasteiger partial charge < -0.3 is 18.0 Å². The zero-order valence-electron chi connectivity index (χ0n) is 7.31. The second-order valence-corrected chi connectivity index (χ2v) is 1.56. The van der Waals surface area contributed by atoms with Gasteiger partial charge in [0.05, 0.1) is 0 Å². The molecule has 0 atom stereocenters. The van der Waals surface area contributed by atoms with E-state index < -0.39 is 10.5 Å². The predicted octanol–water partition coefficient (Wildman–Crippen LogP) is -3.29. The number of primary amides is 2. The molecule has 0 heterocycles. The Morgan fingerprint density at radius 1 is 1.18 bits per heavy atom. The molecule has 5 nitrogen and oxygen atoms in total. The van der Waals surface area contributed by atoms with Crippen LogP contribution in [0.4, 0.5) is 9.59 Å². The SMILES string of the molecule is CO.NC(=O)S.NC(=O)S.[H-].[K+]. The Hall–Kier alpha value is 1.24. The van der Waals surface area contributed by atoms with E-state index in [0.29, 0.717) is 0 Å². The summed E-state index contributed by atoms with van der Waals surface area (Å²) in [6, 6.07) is 0. The summed E-state index contributed by atoms with van der Waals surface area (Å²) in [6.45, 7) is 0. The van der Waals surface area contributed by atoms with E-state index in [-0.39, 0.29) is 52.8 Å². The van der Waals surface area contributed by atoms with Gasteiger partial charge in [-0.3, -0.25) is 9.59 Å². The van der Waals surface area contributed by atoms with E-state index in [4.69, 9.17) is 14.7 Å². The van der Waals surface area contributed by atoms with E-state index in [1.807, 2.05) is 0 Å². The molecule has 0 saturated carbocycles. The van der Waals surface area contributed by atoms with Gasteiger partial charge in [-0.05, 0) is 0 Å². The number of hydrogen-bond acceptors (Lipinski definition) is 3. The Labute approximate surface area is 120 Å². The first kappa shape index (κ1) is 22.8. The normalized spacial score (nSPS) is 5.09. The number of aliphatic hydroxyl groups is 1. The van der Waals surface area contributed by atoms with E-state index in [1.165, 1.54) is 0 Å². The molecule has 0 aliphatic rings. The molecule has 0 aliphatic heterocycles. The van der Waals surface area contributed by atoms with E-state index in [9.17, 15) is 0 Å². The number of aliphatic hydroxyl groups excluding tert-OH is 1. The fourth-order valence-corrected chi connectivity index (χ4v) is 0. The smallest absolute Gasteiger partial charge is 1.00 e. The third kappa shape index (κ3) is 627. The Bertz CT molecular complexity index is 87.5. The Kier molecular flexibility index (Phi) is 46.5. The monoisotopic (exact) mass is 226 g/mol. The first-order chi connectivity index (χ1) is 4.46. The molecule has 0 bridgehead atoms. The van der Waals surface area contributed by atoms with Gasteiger partial charge in [-0.1, -0.05) is 25.3 Å². The first-order valence-corrected chi connectivity index (χ1v) is 2.77. The second-order valence-electron chi connectivity index (χ2n) is 0.676. The molecule has 0 fully saturated rings. The predicted molar refractivity (Wildman–Crippen MR) is 46.4 cm³/mol. The maximum atomic E-state index is 9.09. The van der Waals surface area contributed by atoms with Crippen LogP contribution in [-0.2, 0) is 0 Å². The fourth-order valence-electron chi connectivity index (χ4n) is 0. The molecule has 0 aliphatic carbocycles. The molecule has 2 amide bonds.